The molecule has 0 aliphatic rings. The van der Waals surface area contributed by atoms with E-state index in [0.717, 1.165) is 36.3 Å². The Balaban J connectivity index is 2.61. The first kappa shape index (κ1) is 18.9. The highest BCUT2D eigenvalue weighted by Crippen LogP contribution is 2.48. The molecule has 0 fully saturated rings. The second kappa shape index (κ2) is 11.4. The number of benzene rings is 1. The fraction of sp³-hybridized carbons (Fsp3) is 0.625. The third-order valence-corrected chi connectivity index (χ3v) is 4.96. The quantitative estimate of drug-likeness (QED) is 0.347. The van der Waals surface area contributed by atoms with Crippen LogP contribution < -0.4 is 14.8 Å². The summed E-state index contributed by atoms with van der Waals surface area (Å²) >= 11 is 12.1. The molecule has 2 nitrogen and oxygen atoms in total. The molecule has 0 unspecified atom stereocenters. The fourth-order valence-electron chi connectivity index (χ4n) is 1.92. The van der Waals surface area contributed by atoms with E-state index in [1.165, 1.54) is 25.7 Å². The predicted octanol–water partition coefficient (Wildman–Crippen LogP) is 6.24. The van der Waals surface area contributed by atoms with Crippen molar-refractivity contribution in [2.75, 3.05) is 13.2 Å². The molecule has 0 atom stereocenters. The number of unbranched alkanes of at least 4 members (excludes halogenated alkanes) is 4. The summed E-state index contributed by atoms with van der Waals surface area (Å²) in [4.78, 5) is 0. The zero-order chi connectivity index (χ0) is 15.5. The monoisotopic (exact) mass is 350 g/mol. The zero-order valence-corrected chi connectivity index (χ0v) is 15.3. The molecule has 0 radical (unpaired) electrons. The van der Waals surface area contributed by atoms with Crippen molar-refractivity contribution in [3.05, 3.63) is 18.2 Å². The van der Waals surface area contributed by atoms with Gasteiger partial charge in [0.05, 0.1) is 13.2 Å². The van der Waals surface area contributed by atoms with Gasteiger partial charge in [-0.05, 0) is 25.0 Å². The van der Waals surface area contributed by atoms with Crippen LogP contribution in [0.25, 0.3) is 0 Å². The molecule has 0 saturated heterocycles. The van der Waals surface area contributed by atoms with Crippen molar-refractivity contribution >= 4 is 34.4 Å². The van der Waals surface area contributed by atoms with E-state index in [0.29, 0.717) is 6.61 Å². The Kier molecular flexibility index (Phi) is 10.3. The van der Waals surface area contributed by atoms with Crippen molar-refractivity contribution < 1.29 is 9.47 Å². The molecular weight excluding hydrogens is 326 g/mol. The summed E-state index contributed by atoms with van der Waals surface area (Å²) < 4.78 is 11.6. The van der Waals surface area contributed by atoms with Crippen molar-refractivity contribution in [3.63, 3.8) is 0 Å². The van der Waals surface area contributed by atoms with Gasteiger partial charge in [0.15, 0.2) is 0 Å². The normalized spacial score (nSPS) is 10.9. The maximum atomic E-state index is 6.06. The maximum absolute atomic E-state index is 6.06. The van der Waals surface area contributed by atoms with Gasteiger partial charge in [-0.2, -0.15) is 0 Å². The van der Waals surface area contributed by atoms with Crippen LogP contribution in [0.3, 0.4) is 0 Å². The van der Waals surface area contributed by atoms with Crippen molar-refractivity contribution in [1.29, 1.82) is 0 Å². The average Bonchev–Trinajstić information content (AvgIpc) is 2.48. The molecule has 0 bridgehead atoms. The first-order valence-electron chi connectivity index (χ1n) is 7.70. The molecule has 0 amide bonds. The van der Waals surface area contributed by atoms with Gasteiger partial charge in [0.2, 0.25) is 0 Å². The Hall–Kier alpha value is -0.170. The summed E-state index contributed by atoms with van der Waals surface area (Å²) in [5.41, 5.74) is 0. The molecule has 0 saturated carbocycles. The first-order valence-corrected chi connectivity index (χ1v) is 10.9. The highest BCUT2D eigenvalue weighted by Gasteiger charge is 2.13. The van der Waals surface area contributed by atoms with E-state index >= 15 is 0 Å². The molecule has 0 aromatic heterocycles. The lowest BCUT2D eigenvalue weighted by Crippen LogP contribution is -2.07. The Morgan fingerprint density at radius 1 is 0.905 bits per heavy atom. The summed E-state index contributed by atoms with van der Waals surface area (Å²) in [5.74, 6) is 1.58. The summed E-state index contributed by atoms with van der Waals surface area (Å²) in [6.45, 7) is 4.57. The van der Waals surface area contributed by atoms with E-state index in [4.69, 9.17) is 32.0 Å². The van der Waals surface area contributed by atoms with E-state index in [-0.39, 0.29) is 0 Å². The highest BCUT2D eigenvalue weighted by molar-refractivity contribution is 8.09. The molecule has 0 spiro atoms. The van der Waals surface area contributed by atoms with Crippen LogP contribution in [0.1, 0.15) is 52.4 Å². The van der Waals surface area contributed by atoms with Gasteiger partial charge in [-0.1, -0.05) is 62.0 Å². The minimum Gasteiger partial charge on any atom is -0.493 e. The topological polar surface area (TPSA) is 18.5 Å². The molecule has 120 valence electrons. The third kappa shape index (κ3) is 7.58. The molecule has 0 aliphatic heterocycles. The second-order valence-electron chi connectivity index (χ2n) is 4.97. The SMILES string of the molecule is CCCCCOc1ccc(P(Cl)Cl)c(OCCCCC)c1. The van der Waals surface area contributed by atoms with Crippen LogP contribution in [0.2, 0.25) is 0 Å². The third-order valence-electron chi connectivity index (χ3n) is 3.14. The van der Waals surface area contributed by atoms with Crippen LogP contribution >= 0.6 is 29.1 Å². The van der Waals surface area contributed by atoms with Crippen LogP contribution in [-0.4, -0.2) is 13.2 Å². The molecule has 1 aromatic carbocycles. The second-order valence-corrected chi connectivity index (χ2v) is 8.47. The van der Waals surface area contributed by atoms with Gasteiger partial charge in [-0.3, -0.25) is 0 Å². The number of halogens is 2. The summed E-state index contributed by atoms with van der Waals surface area (Å²) in [6.07, 6.45) is 6.83. The molecule has 1 aromatic rings. The predicted molar refractivity (Wildman–Crippen MR) is 94.7 cm³/mol. The van der Waals surface area contributed by atoms with Crippen molar-refractivity contribution in [2.45, 2.75) is 52.4 Å². The summed E-state index contributed by atoms with van der Waals surface area (Å²) in [5, 5.41) is 0.866. The van der Waals surface area contributed by atoms with Gasteiger partial charge in [0.1, 0.15) is 18.1 Å². The van der Waals surface area contributed by atoms with Crippen LogP contribution in [-0.2, 0) is 0 Å². The van der Waals surface area contributed by atoms with Crippen LogP contribution in [0, 0.1) is 0 Å². The standard InChI is InChI=1S/C16H25Cl2O2P/c1-3-5-7-11-19-14-9-10-16(21(17)18)15(13-14)20-12-8-6-4-2/h9-10,13H,3-8,11-12H2,1-2H3. The molecule has 1 rings (SSSR count). The maximum Gasteiger partial charge on any atom is 0.132 e. The van der Waals surface area contributed by atoms with E-state index in [1.807, 2.05) is 18.2 Å². The van der Waals surface area contributed by atoms with Crippen molar-refractivity contribution in [2.24, 2.45) is 0 Å². The number of ether oxygens (including phenoxy) is 2. The van der Waals surface area contributed by atoms with Crippen LogP contribution in [0.4, 0.5) is 0 Å². The smallest absolute Gasteiger partial charge is 0.132 e. The van der Waals surface area contributed by atoms with Crippen LogP contribution in [0.15, 0.2) is 18.2 Å². The molecule has 0 N–H and O–H groups in total. The molecule has 0 aliphatic carbocycles. The Bertz CT molecular complexity index is 400. The van der Waals surface area contributed by atoms with Crippen molar-refractivity contribution in [1.82, 2.24) is 0 Å². The minimum atomic E-state index is -1.21. The molecular formula is C16H25Cl2O2P. The van der Waals surface area contributed by atoms with E-state index in [9.17, 15) is 0 Å². The van der Waals surface area contributed by atoms with Crippen LogP contribution in [0.5, 0.6) is 11.5 Å². The van der Waals surface area contributed by atoms with Gasteiger partial charge < -0.3 is 9.47 Å². The molecule has 0 heterocycles. The Morgan fingerprint density at radius 3 is 2.10 bits per heavy atom. The summed E-state index contributed by atoms with van der Waals surface area (Å²) in [6, 6.07) is 5.74. The fourth-order valence-corrected chi connectivity index (χ4v) is 3.24. The zero-order valence-electron chi connectivity index (χ0n) is 12.9. The number of hydrogen-bond donors (Lipinski definition) is 0. The summed E-state index contributed by atoms with van der Waals surface area (Å²) in [7, 11) is 0. The van der Waals surface area contributed by atoms with Gasteiger partial charge in [0, 0.05) is 11.4 Å². The Labute approximate surface area is 139 Å². The van der Waals surface area contributed by atoms with E-state index in [1.54, 1.807) is 0 Å². The first-order chi connectivity index (χ1) is 10.2. The average molecular weight is 351 g/mol. The molecule has 5 heteroatoms. The lowest BCUT2D eigenvalue weighted by molar-refractivity contribution is 0.293. The van der Waals surface area contributed by atoms with Gasteiger partial charge in [-0.15, -0.1) is 0 Å². The lowest BCUT2D eigenvalue weighted by Gasteiger charge is -2.14. The molecule has 21 heavy (non-hydrogen) atoms. The lowest BCUT2D eigenvalue weighted by atomic mass is 10.2. The Morgan fingerprint density at radius 2 is 1.52 bits per heavy atom. The van der Waals surface area contributed by atoms with Gasteiger partial charge in [-0.25, -0.2) is 0 Å². The largest absolute Gasteiger partial charge is 0.493 e. The van der Waals surface area contributed by atoms with Gasteiger partial charge in [0.25, 0.3) is 0 Å². The van der Waals surface area contributed by atoms with Crippen molar-refractivity contribution in [3.8, 4) is 11.5 Å². The highest BCUT2D eigenvalue weighted by atomic mass is 35.9. The number of hydrogen-bond acceptors (Lipinski definition) is 2. The van der Waals surface area contributed by atoms with E-state index in [2.05, 4.69) is 13.8 Å². The van der Waals surface area contributed by atoms with Gasteiger partial charge >= 0.3 is 0 Å². The minimum absolute atomic E-state index is 0.692. The van der Waals surface area contributed by atoms with E-state index < -0.39 is 6.63 Å². The number of rotatable bonds is 11.